The maximum atomic E-state index is 14.5. The summed E-state index contributed by atoms with van der Waals surface area (Å²) in [4.78, 5) is 14.6. The van der Waals surface area contributed by atoms with Crippen LogP contribution in [0.3, 0.4) is 0 Å². The number of hydrogen-bond acceptors (Lipinski definition) is 3. The smallest absolute Gasteiger partial charge is 0.247 e. The van der Waals surface area contributed by atoms with Crippen molar-refractivity contribution in [3.8, 4) is 0 Å². The van der Waals surface area contributed by atoms with Gasteiger partial charge in [-0.3, -0.25) is 4.79 Å². The zero-order valence-corrected chi connectivity index (χ0v) is 12.5. The molecule has 1 amide bonds. The lowest BCUT2D eigenvalue weighted by Crippen LogP contribution is -2.64. The molecule has 5 heteroatoms. The summed E-state index contributed by atoms with van der Waals surface area (Å²) in [5, 5.41) is 9.51. The van der Waals surface area contributed by atoms with E-state index in [2.05, 4.69) is 0 Å². The molecule has 118 valence electrons. The minimum atomic E-state index is -0.993. The SMILES string of the molecule is NC1(C(=O)N2CC3(CCCC3)c3c(F)cccc32)CC(O)C1. The van der Waals surface area contributed by atoms with Gasteiger partial charge in [0.15, 0.2) is 0 Å². The topological polar surface area (TPSA) is 66.6 Å². The van der Waals surface area contributed by atoms with Gasteiger partial charge in [0.25, 0.3) is 0 Å². The molecule has 0 bridgehead atoms. The van der Waals surface area contributed by atoms with Gasteiger partial charge < -0.3 is 15.7 Å². The molecule has 1 heterocycles. The Labute approximate surface area is 129 Å². The Hall–Kier alpha value is -1.46. The second-order valence-electron chi connectivity index (χ2n) is 7.23. The highest BCUT2D eigenvalue weighted by Crippen LogP contribution is 2.52. The maximum Gasteiger partial charge on any atom is 0.247 e. The lowest BCUT2D eigenvalue weighted by atomic mass is 9.74. The van der Waals surface area contributed by atoms with Gasteiger partial charge in [-0.05, 0) is 25.0 Å². The molecule has 2 saturated carbocycles. The summed E-state index contributed by atoms with van der Waals surface area (Å²) >= 11 is 0. The Kier molecular flexibility index (Phi) is 2.91. The largest absolute Gasteiger partial charge is 0.393 e. The van der Waals surface area contributed by atoms with Crippen molar-refractivity contribution >= 4 is 11.6 Å². The molecule has 1 aromatic carbocycles. The fraction of sp³-hybridized carbons (Fsp3) is 0.588. The Bertz CT molecular complexity index is 634. The number of benzene rings is 1. The third-order valence-electron chi connectivity index (χ3n) is 5.71. The van der Waals surface area contributed by atoms with Crippen LogP contribution in [0.5, 0.6) is 0 Å². The highest BCUT2D eigenvalue weighted by molar-refractivity contribution is 6.03. The second-order valence-corrected chi connectivity index (χ2v) is 7.23. The highest BCUT2D eigenvalue weighted by atomic mass is 19.1. The van der Waals surface area contributed by atoms with E-state index in [4.69, 9.17) is 5.73 Å². The van der Waals surface area contributed by atoms with Gasteiger partial charge in [0.05, 0.1) is 11.8 Å². The fourth-order valence-electron chi connectivity index (χ4n) is 4.60. The average molecular weight is 304 g/mol. The van der Waals surface area contributed by atoms with Gasteiger partial charge in [-0.2, -0.15) is 0 Å². The van der Waals surface area contributed by atoms with Crippen molar-refractivity contribution in [2.45, 2.75) is 55.6 Å². The summed E-state index contributed by atoms with van der Waals surface area (Å²) < 4.78 is 14.5. The van der Waals surface area contributed by atoms with Crippen LogP contribution >= 0.6 is 0 Å². The van der Waals surface area contributed by atoms with Gasteiger partial charge in [-0.15, -0.1) is 0 Å². The first-order valence-electron chi connectivity index (χ1n) is 8.03. The quantitative estimate of drug-likeness (QED) is 0.832. The summed E-state index contributed by atoms with van der Waals surface area (Å²) in [6, 6.07) is 4.96. The zero-order chi connectivity index (χ0) is 15.5. The summed E-state index contributed by atoms with van der Waals surface area (Å²) in [5.74, 6) is -0.386. The van der Waals surface area contributed by atoms with Crippen molar-refractivity contribution in [2.75, 3.05) is 11.4 Å². The van der Waals surface area contributed by atoms with Gasteiger partial charge in [0.1, 0.15) is 11.4 Å². The number of rotatable bonds is 1. The molecule has 2 fully saturated rings. The van der Waals surface area contributed by atoms with E-state index in [1.807, 2.05) is 6.07 Å². The minimum absolute atomic E-state index is 0.173. The van der Waals surface area contributed by atoms with Crippen LogP contribution in [0.2, 0.25) is 0 Å². The summed E-state index contributed by atoms with van der Waals surface area (Å²) in [6.45, 7) is 0.525. The van der Waals surface area contributed by atoms with Crippen molar-refractivity contribution < 1.29 is 14.3 Å². The first kappa shape index (κ1) is 14.2. The monoisotopic (exact) mass is 304 g/mol. The van der Waals surface area contributed by atoms with Gasteiger partial charge >= 0.3 is 0 Å². The number of halogens is 1. The standard InChI is InChI=1S/C17H21FN2O2/c18-12-4-3-5-13-14(12)16(6-1-2-7-16)10-20(13)15(22)17(19)8-11(21)9-17/h3-5,11,21H,1-2,6-10,19H2. The van der Waals surface area contributed by atoms with Crippen LogP contribution in [-0.2, 0) is 10.2 Å². The molecule has 4 rings (SSSR count). The van der Waals surface area contributed by atoms with E-state index in [-0.39, 0.29) is 17.1 Å². The Morgan fingerprint density at radius 1 is 1.32 bits per heavy atom. The lowest BCUT2D eigenvalue weighted by Gasteiger charge is -2.43. The van der Waals surface area contributed by atoms with E-state index >= 15 is 0 Å². The van der Waals surface area contributed by atoms with Crippen molar-refractivity contribution in [1.82, 2.24) is 0 Å². The van der Waals surface area contributed by atoms with E-state index in [0.717, 1.165) is 25.7 Å². The molecule has 0 unspecified atom stereocenters. The number of carbonyl (C=O) groups is 1. The first-order valence-corrected chi connectivity index (χ1v) is 8.03. The Morgan fingerprint density at radius 2 is 2.00 bits per heavy atom. The van der Waals surface area contributed by atoms with E-state index in [1.165, 1.54) is 6.07 Å². The number of nitrogens with zero attached hydrogens (tertiary/aromatic N) is 1. The molecule has 2 aliphatic carbocycles. The Morgan fingerprint density at radius 3 is 2.64 bits per heavy atom. The van der Waals surface area contributed by atoms with Crippen molar-refractivity contribution in [2.24, 2.45) is 5.73 Å². The van der Waals surface area contributed by atoms with Crippen molar-refractivity contribution in [1.29, 1.82) is 0 Å². The molecule has 0 atom stereocenters. The summed E-state index contributed by atoms with van der Waals surface area (Å²) in [5.41, 5.74) is 6.30. The summed E-state index contributed by atoms with van der Waals surface area (Å²) in [6.07, 6.45) is 4.07. The molecular formula is C17H21FN2O2. The van der Waals surface area contributed by atoms with Gasteiger partial charge in [-0.1, -0.05) is 18.9 Å². The van der Waals surface area contributed by atoms with Crippen LogP contribution in [-0.4, -0.2) is 29.2 Å². The molecule has 1 aromatic rings. The molecular weight excluding hydrogens is 283 g/mol. The van der Waals surface area contributed by atoms with Gasteiger partial charge in [0.2, 0.25) is 5.91 Å². The normalized spacial score (nSPS) is 32.1. The van der Waals surface area contributed by atoms with E-state index in [1.54, 1.807) is 11.0 Å². The third kappa shape index (κ3) is 1.78. The number of anilines is 1. The molecule has 1 aliphatic heterocycles. The van der Waals surface area contributed by atoms with Crippen LogP contribution < -0.4 is 10.6 Å². The van der Waals surface area contributed by atoms with E-state index in [0.29, 0.717) is 30.6 Å². The number of aliphatic hydroxyl groups excluding tert-OH is 1. The highest BCUT2D eigenvalue weighted by Gasteiger charge is 2.54. The average Bonchev–Trinajstić information content (AvgIpc) is 3.04. The van der Waals surface area contributed by atoms with Gasteiger partial charge in [0, 0.05) is 30.4 Å². The number of aliphatic hydroxyl groups is 1. The summed E-state index contributed by atoms with van der Waals surface area (Å²) in [7, 11) is 0. The minimum Gasteiger partial charge on any atom is -0.393 e. The molecule has 1 spiro atoms. The number of fused-ring (bicyclic) bond motifs is 2. The van der Waals surface area contributed by atoms with Gasteiger partial charge in [-0.25, -0.2) is 4.39 Å². The zero-order valence-electron chi connectivity index (χ0n) is 12.5. The number of carbonyl (C=O) groups excluding carboxylic acids is 1. The van der Waals surface area contributed by atoms with Crippen molar-refractivity contribution in [3.05, 3.63) is 29.6 Å². The van der Waals surface area contributed by atoms with Crippen LogP contribution in [0.1, 0.15) is 44.1 Å². The Balaban J connectivity index is 1.75. The number of hydrogen-bond donors (Lipinski definition) is 2. The van der Waals surface area contributed by atoms with E-state index in [9.17, 15) is 14.3 Å². The predicted octanol–water partition coefficient (Wildman–Crippen LogP) is 1.84. The van der Waals surface area contributed by atoms with Crippen LogP contribution in [0.25, 0.3) is 0 Å². The van der Waals surface area contributed by atoms with Crippen LogP contribution in [0.4, 0.5) is 10.1 Å². The van der Waals surface area contributed by atoms with Crippen LogP contribution in [0.15, 0.2) is 18.2 Å². The lowest BCUT2D eigenvalue weighted by molar-refractivity contribution is -0.131. The molecule has 4 nitrogen and oxygen atoms in total. The first-order chi connectivity index (χ1) is 10.5. The van der Waals surface area contributed by atoms with Crippen molar-refractivity contribution in [3.63, 3.8) is 0 Å². The number of amides is 1. The van der Waals surface area contributed by atoms with E-state index < -0.39 is 11.6 Å². The molecule has 22 heavy (non-hydrogen) atoms. The maximum absolute atomic E-state index is 14.5. The molecule has 3 N–H and O–H groups in total. The third-order valence-corrected chi connectivity index (χ3v) is 5.71. The molecule has 3 aliphatic rings. The predicted molar refractivity (Wildman–Crippen MR) is 81.1 cm³/mol. The van der Waals surface area contributed by atoms with Crippen LogP contribution in [0, 0.1) is 5.82 Å². The molecule has 0 radical (unpaired) electrons. The molecule has 0 aromatic heterocycles. The second kappa shape index (κ2) is 4.52. The molecule has 0 saturated heterocycles. The fourth-order valence-corrected chi connectivity index (χ4v) is 4.60. The number of nitrogens with two attached hydrogens (primary N) is 1.